The molecule has 8 heteroatoms. The smallest absolute Gasteiger partial charge is 0.407 e. The van der Waals surface area contributed by atoms with E-state index in [0.717, 1.165) is 0 Å². The number of carbonyl (C=O) groups is 2. The fraction of sp³-hybridized carbons (Fsp3) is 0.455. The molecule has 0 saturated heterocycles. The summed E-state index contributed by atoms with van der Waals surface area (Å²) in [6.07, 6.45) is 1.25. The van der Waals surface area contributed by atoms with E-state index in [9.17, 15) is 9.59 Å². The molecule has 0 fully saturated rings. The summed E-state index contributed by atoms with van der Waals surface area (Å²) in [5, 5.41) is 19.3. The van der Waals surface area contributed by atoms with Crippen molar-refractivity contribution >= 4 is 12.1 Å². The van der Waals surface area contributed by atoms with E-state index < -0.39 is 18.0 Å². The van der Waals surface area contributed by atoms with E-state index in [2.05, 4.69) is 22.1 Å². The van der Waals surface area contributed by atoms with Crippen LogP contribution in [0.5, 0.6) is 0 Å². The summed E-state index contributed by atoms with van der Waals surface area (Å²) in [6.45, 7) is 4.04. The van der Waals surface area contributed by atoms with E-state index >= 15 is 0 Å². The minimum Gasteiger partial charge on any atom is -0.481 e. The van der Waals surface area contributed by atoms with Crippen LogP contribution in [-0.4, -0.2) is 38.5 Å². The van der Waals surface area contributed by atoms with Gasteiger partial charge >= 0.3 is 12.1 Å². The van der Waals surface area contributed by atoms with E-state index in [1.54, 1.807) is 4.57 Å². The van der Waals surface area contributed by atoms with Gasteiger partial charge in [-0.25, -0.2) is 4.79 Å². The van der Waals surface area contributed by atoms with Crippen LogP contribution in [0.15, 0.2) is 12.7 Å². The van der Waals surface area contributed by atoms with Gasteiger partial charge in [-0.3, -0.25) is 4.79 Å². The van der Waals surface area contributed by atoms with E-state index in [-0.39, 0.29) is 13.2 Å². The maximum absolute atomic E-state index is 11.2. The number of alkyl carbamates (subject to hydrolysis) is 1. The van der Waals surface area contributed by atoms with Gasteiger partial charge in [0.15, 0.2) is 5.82 Å². The van der Waals surface area contributed by atoms with E-state index in [1.165, 1.54) is 6.08 Å². The zero-order chi connectivity index (χ0) is 13.8. The van der Waals surface area contributed by atoms with E-state index in [0.29, 0.717) is 24.6 Å². The maximum Gasteiger partial charge on any atom is 0.407 e. The Morgan fingerprint density at radius 2 is 2.37 bits per heavy atom. The fourth-order valence-electron chi connectivity index (χ4n) is 1.87. The Labute approximate surface area is 109 Å². The van der Waals surface area contributed by atoms with Gasteiger partial charge in [-0.1, -0.05) is 12.7 Å². The quantitative estimate of drug-likeness (QED) is 0.723. The zero-order valence-corrected chi connectivity index (χ0v) is 10.2. The van der Waals surface area contributed by atoms with Crippen molar-refractivity contribution in [1.82, 2.24) is 20.1 Å². The molecule has 1 aromatic rings. The molecule has 1 aliphatic rings. The van der Waals surface area contributed by atoms with Crippen LogP contribution in [0, 0.1) is 5.92 Å². The minimum atomic E-state index is -0.852. The van der Waals surface area contributed by atoms with Crippen molar-refractivity contribution in [3.05, 3.63) is 24.3 Å². The number of nitrogens with zero attached hydrogens (tertiary/aromatic N) is 3. The maximum atomic E-state index is 11.2. The third-order valence-electron chi connectivity index (χ3n) is 2.81. The Balaban J connectivity index is 1.92. The molecule has 0 bridgehead atoms. The molecule has 0 aliphatic carbocycles. The van der Waals surface area contributed by atoms with Crippen LogP contribution in [0.25, 0.3) is 0 Å². The number of hydrogen-bond acceptors (Lipinski definition) is 5. The average molecular weight is 266 g/mol. The van der Waals surface area contributed by atoms with Crippen LogP contribution in [-0.2, 0) is 29.0 Å². The summed E-state index contributed by atoms with van der Waals surface area (Å²) in [4.78, 5) is 22.1. The first-order valence-corrected chi connectivity index (χ1v) is 5.77. The normalized spacial score (nSPS) is 16.7. The number of amides is 1. The highest BCUT2D eigenvalue weighted by Crippen LogP contribution is 2.20. The zero-order valence-electron chi connectivity index (χ0n) is 10.2. The Morgan fingerprint density at radius 1 is 1.58 bits per heavy atom. The van der Waals surface area contributed by atoms with Gasteiger partial charge < -0.3 is 19.7 Å². The monoisotopic (exact) mass is 266 g/mol. The first-order valence-electron chi connectivity index (χ1n) is 5.77. The topological polar surface area (TPSA) is 106 Å². The second-order valence-corrected chi connectivity index (χ2v) is 4.12. The highest BCUT2D eigenvalue weighted by atomic mass is 16.5. The lowest BCUT2D eigenvalue weighted by Crippen LogP contribution is -2.26. The van der Waals surface area contributed by atoms with Gasteiger partial charge in [0.2, 0.25) is 0 Å². The third kappa shape index (κ3) is 2.90. The average Bonchev–Trinajstić information content (AvgIpc) is 2.94. The molecule has 1 atom stereocenters. The summed E-state index contributed by atoms with van der Waals surface area (Å²) >= 11 is 0. The summed E-state index contributed by atoms with van der Waals surface area (Å²) in [7, 11) is 0. The molecule has 2 heterocycles. The number of nitrogens with one attached hydrogen (secondary N) is 1. The second-order valence-electron chi connectivity index (χ2n) is 4.12. The van der Waals surface area contributed by atoms with Crippen molar-refractivity contribution in [3.63, 3.8) is 0 Å². The summed E-state index contributed by atoms with van der Waals surface area (Å²) < 4.78 is 6.46. The molecule has 1 aliphatic heterocycles. The third-order valence-corrected chi connectivity index (χ3v) is 2.81. The molecular weight excluding hydrogens is 252 g/mol. The molecule has 0 aromatic carbocycles. The Bertz CT molecular complexity index is 511. The number of carboxylic acids is 1. The van der Waals surface area contributed by atoms with Crippen LogP contribution in [0.3, 0.4) is 0 Å². The number of rotatable bonds is 5. The van der Waals surface area contributed by atoms with Crippen LogP contribution in [0.4, 0.5) is 4.79 Å². The van der Waals surface area contributed by atoms with E-state index in [4.69, 9.17) is 9.84 Å². The molecule has 1 amide bonds. The standard InChI is InChI=1S/C11H14N4O4/c1-2-3-19-11(18)12-5-9-14-13-8-4-7(10(16)17)6-15(8)9/h2,7H,1,3-6H2,(H,12,18)(H,16,17). The number of hydrogen-bond donors (Lipinski definition) is 2. The SMILES string of the molecule is C=CCOC(=O)NCc1nnc2n1CC(C(=O)O)C2. The molecule has 2 N–H and O–H groups in total. The van der Waals surface area contributed by atoms with Crippen molar-refractivity contribution in [2.24, 2.45) is 5.92 Å². The summed E-state index contributed by atoms with van der Waals surface area (Å²) in [5.74, 6) is -0.176. The second kappa shape index (κ2) is 5.51. The summed E-state index contributed by atoms with van der Waals surface area (Å²) in [5.41, 5.74) is 0. The van der Waals surface area contributed by atoms with Crippen LogP contribution in [0.2, 0.25) is 0 Å². The summed E-state index contributed by atoms with van der Waals surface area (Å²) in [6, 6.07) is 0. The molecule has 2 rings (SSSR count). The van der Waals surface area contributed by atoms with Gasteiger partial charge in [0.25, 0.3) is 0 Å². The highest BCUT2D eigenvalue weighted by molar-refractivity contribution is 5.70. The van der Waals surface area contributed by atoms with E-state index in [1.807, 2.05) is 0 Å². The van der Waals surface area contributed by atoms with Crippen molar-refractivity contribution in [2.75, 3.05) is 6.61 Å². The fourth-order valence-corrected chi connectivity index (χ4v) is 1.87. The number of ether oxygens (including phenoxy) is 1. The molecule has 0 radical (unpaired) electrons. The van der Waals surface area contributed by atoms with Gasteiger partial charge in [-0.15, -0.1) is 10.2 Å². The molecule has 0 saturated carbocycles. The highest BCUT2D eigenvalue weighted by Gasteiger charge is 2.30. The largest absolute Gasteiger partial charge is 0.481 e. The number of carbonyl (C=O) groups excluding carboxylic acids is 1. The molecule has 102 valence electrons. The predicted octanol–water partition coefficient (Wildman–Crippen LogP) is -0.0528. The van der Waals surface area contributed by atoms with Crippen molar-refractivity contribution in [3.8, 4) is 0 Å². The van der Waals surface area contributed by atoms with Gasteiger partial charge in [-0.05, 0) is 0 Å². The first kappa shape index (κ1) is 13.1. The van der Waals surface area contributed by atoms with Crippen molar-refractivity contribution in [2.45, 2.75) is 19.5 Å². The van der Waals surface area contributed by atoms with Crippen molar-refractivity contribution in [1.29, 1.82) is 0 Å². The Kier molecular flexibility index (Phi) is 3.79. The minimum absolute atomic E-state index is 0.130. The van der Waals surface area contributed by atoms with Gasteiger partial charge in [0, 0.05) is 13.0 Å². The van der Waals surface area contributed by atoms with Crippen LogP contribution >= 0.6 is 0 Å². The number of aliphatic carboxylic acids is 1. The van der Waals surface area contributed by atoms with Gasteiger partial charge in [-0.2, -0.15) is 0 Å². The predicted molar refractivity (Wildman–Crippen MR) is 63.2 cm³/mol. The molecule has 19 heavy (non-hydrogen) atoms. The van der Waals surface area contributed by atoms with Crippen LogP contribution < -0.4 is 5.32 Å². The number of fused-ring (bicyclic) bond motifs is 1. The first-order chi connectivity index (χ1) is 9.11. The number of carboxylic acid groups (broad SMARTS) is 1. The molecule has 1 unspecified atom stereocenters. The van der Waals surface area contributed by atoms with Gasteiger partial charge in [0.05, 0.1) is 12.5 Å². The van der Waals surface area contributed by atoms with Crippen molar-refractivity contribution < 1.29 is 19.4 Å². The molecule has 1 aromatic heterocycles. The lowest BCUT2D eigenvalue weighted by atomic mass is 10.1. The van der Waals surface area contributed by atoms with Crippen LogP contribution in [0.1, 0.15) is 11.6 Å². The lowest BCUT2D eigenvalue weighted by molar-refractivity contribution is -0.141. The Hall–Kier alpha value is -2.38. The lowest BCUT2D eigenvalue weighted by Gasteiger charge is -2.06. The number of aromatic nitrogens is 3. The molecule has 8 nitrogen and oxygen atoms in total. The molecular formula is C11H14N4O4. The Morgan fingerprint density at radius 3 is 3.05 bits per heavy atom. The van der Waals surface area contributed by atoms with Gasteiger partial charge in [0.1, 0.15) is 12.4 Å². The molecule has 0 spiro atoms.